The zero-order valence-electron chi connectivity index (χ0n) is 10.9. The predicted octanol–water partition coefficient (Wildman–Crippen LogP) is 1.30. The third kappa shape index (κ3) is 3.37. The Morgan fingerprint density at radius 1 is 1.44 bits per heavy atom. The number of nitrogens with zero attached hydrogens (tertiary/aromatic N) is 2. The monoisotopic (exact) mass is 251 g/mol. The number of oxime groups is 1. The Morgan fingerprint density at radius 2 is 2.17 bits per heavy atom. The van der Waals surface area contributed by atoms with E-state index in [9.17, 15) is 0 Å². The van der Waals surface area contributed by atoms with Crippen molar-refractivity contribution in [3.05, 3.63) is 29.3 Å². The Bertz CT molecular complexity index is 419. The highest BCUT2D eigenvalue weighted by molar-refractivity contribution is 5.98. The molecule has 1 aromatic carbocycles. The molecule has 0 fully saturated rings. The second-order valence-corrected chi connectivity index (χ2v) is 4.14. The molecule has 4 N–H and O–H groups in total. The van der Waals surface area contributed by atoms with Gasteiger partial charge in [0, 0.05) is 30.9 Å². The van der Waals surface area contributed by atoms with Crippen LogP contribution in [0.15, 0.2) is 23.4 Å². The van der Waals surface area contributed by atoms with Crippen molar-refractivity contribution in [3.63, 3.8) is 0 Å². The molecule has 0 saturated heterocycles. The van der Waals surface area contributed by atoms with Crippen molar-refractivity contribution in [2.24, 2.45) is 10.9 Å². The van der Waals surface area contributed by atoms with Gasteiger partial charge in [0.2, 0.25) is 0 Å². The van der Waals surface area contributed by atoms with Gasteiger partial charge in [-0.2, -0.15) is 0 Å². The summed E-state index contributed by atoms with van der Waals surface area (Å²) in [6.45, 7) is 5.89. The first-order chi connectivity index (χ1) is 8.63. The molecule has 5 heteroatoms. The van der Waals surface area contributed by atoms with E-state index in [1.165, 1.54) is 0 Å². The van der Waals surface area contributed by atoms with Gasteiger partial charge in [0.25, 0.3) is 0 Å². The number of amidine groups is 1. The fourth-order valence-electron chi connectivity index (χ4n) is 1.92. The normalized spacial score (nSPS) is 11.6. The summed E-state index contributed by atoms with van der Waals surface area (Å²) < 4.78 is 0. The number of rotatable bonds is 6. The molecular weight excluding hydrogens is 230 g/mol. The summed E-state index contributed by atoms with van der Waals surface area (Å²) in [5, 5.41) is 20.6. The molecular formula is C13H21N3O2. The van der Waals surface area contributed by atoms with Crippen LogP contribution in [0.1, 0.15) is 24.5 Å². The van der Waals surface area contributed by atoms with E-state index in [1.807, 2.05) is 25.1 Å². The standard InChI is InChI=1S/C13H21N3O2/c1-3-16(7-4-8-17)11-5-6-12(10(2)9-11)13(14)15-18/h5-6,9,17-18H,3-4,7-8H2,1-2H3,(H2,14,15). The van der Waals surface area contributed by atoms with Crippen LogP contribution in [-0.2, 0) is 0 Å². The Labute approximate surface area is 108 Å². The van der Waals surface area contributed by atoms with Crippen molar-refractivity contribution < 1.29 is 10.3 Å². The molecule has 0 atom stereocenters. The molecule has 1 rings (SSSR count). The predicted molar refractivity (Wildman–Crippen MR) is 73.3 cm³/mol. The molecule has 0 aromatic heterocycles. The van der Waals surface area contributed by atoms with E-state index in [-0.39, 0.29) is 12.4 Å². The molecule has 0 aliphatic heterocycles. The number of anilines is 1. The summed E-state index contributed by atoms with van der Waals surface area (Å²) in [6, 6.07) is 5.80. The average molecular weight is 251 g/mol. The summed E-state index contributed by atoms with van der Waals surface area (Å²) in [7, 11) is 0. The summed E-state index contributed by atoms with van der Waals surface area (Å²) >= 11 is 0. The summed E-state index contributed by atoms with van der Waals surface area (Å²) in [6.07, 6.45) is 0.745. The quantitative estimate of drug-likeness (QED) is 0.308. The van der Waals surface area contributed by atoms with Gasteiger partial charge in [0.05, 0.1) is 0 Å². The Hall–Kier alpha value is -1.75. The average Bonchev–Trinajstić information content (AvgIpc) is 2.39. The minimum atomic E-state index is 0.123. The highest BCUT2D eigenvalue weighted by atomic mass is 16.4. The topological polar surface area (TPSA) is 82.1 Å². The molecule has 0 radical (unpaired) electrons. The maximum atomic E-state index is 8.87. The van der Waals surface area contributed by atoms with Crippen LogP contribution in [0.25, 0.3) is 0 Å². The van der Waals surface area contributed by atoms with Crippen molar-refractivity contribution in [3.8, 4) is 0 Å². The van der Waals surface area contributed by atoms with Gasteiger partial charge in [-0.15, -0.1) is 0 Å². The number of aliphatic hydroxyl groups excluding tert-OH is 1. The minimum absolute atomic E-state index is 0.123. The molecule has 0 bridgehead atoms. The van der Waals surface area contributed by atoms with Crippen LogP contribution in [0.3, 0.4) is 0 Å². The molecule has 18 heavy (non-hydrogen) atoms. The zero-order valence-corrected chi connectivity index (χ0v) is 10.9. The van der Waals surface area contributed by atoms with Gasteiger partial charge in [0.15, 0.2) is 5.84 Å². The number of aliphatic hydroxyl groups is 1. The highest BCUT2D eigenvalue weighted by Gasteiger charge is 2.08. The number of hydrogen-bond donors (Lipinski definition) is 3. The van der Waals surface area contributed by atoms with E-state index in [0.717, 1.165) is 36.3 Å². The SMILES string of the molecule is CCN(CCCO)c1ccc(/C(N)=N/O)c(C)c1. The second-order valence-electron chi connectivity index (χ2n) is 4.14. The van der Waals surface area contributed by atoms with Gasteiger partial charge >= 0.3 is 0 Å². The van der Waals surface area contributed by atoms with E-state index in [2.05, 4.69) is 17.0 Å². The largest absolute Gasteiger partial charge is 0.409 e. The van der Waals surface area contributed by atoms with Crippen LogP contribution in [0, 0.1) is 6.92 Å². The van der Waals surface area contributed by atoms with Crippen LogP contribution in [0.4, 0.5) is 5.69 Å². The van der Waals surface area contributed by atoms with Crippen molar-refractivity contribution in [1.82, 2.24) is 0 Å². The minimum Gasteiger partial charge on any atom is -0.409 e. The van der Waals surface area contributed by atoms with Gasteiger partial charge in [-0.25, -0.2) is 0 Å². The number of hydrogen-bond acceptors (Lipinski definition) is 4. The van der Waals surface area contributed by atoms with Gasteiger partial charge < -0.3 is 20.9 Å². The number of benzene rings is 1. The van der Waals surface area contributed by atoms with E-state index in [1.54, 1.807) is 0 Å². The Kier molecular flexibility index (Phi) is 5.45. The molecule has 0 heterocycles. The molecule has 1 aromatic rings. The lowest BCUT2D eigenvalue weighted by atomic mass is 10.1. The van der Waals surface area contributed by atoms with Crippen LogP contribution in [0.2, 0.25) is 0 Å². The van der Waals surface area contributed by atoms with Gasteiger partial charge in [-0.1, -0.05) is 5.16 Å². The smallest absolute Gasteiger partial charge is 0.170 e. The molecule has 0 aliphatic carbocycles. The van der Waals surface area contributed by atoms with Crippen molar-refractivity contribution in [1.29, 1.82) is 0 Å². The molecule has 0 saturated carbocycles. The first kappa shape index (κ1) is 14.3. The Balaban J connectivity index is 2.95. The van der Waals surface area contributed by atoms with E-state index < -0.39 is 0 Å². The summed E-state index contributed by atoms with van der Waals surface area (Å²) in [5.41, 5.74) is 8.37. The van der Waals surface area contributed by atoms with Crippen LogP contribution < -0.4 is 10.6 Å². The lowest BCUT2D eigenvalue weighted by Gasteiger charge is -2.23. The third-order valence-corrected chi connectivity index (χ3v) is 2.93. The van der Waals surface area contributed by atoms with Crippen molar-refractivity contribution in [2.45, 2.75) is 20.3 Å². The maximum Gasteiger partial charge on any atom is 0.170 e. The first-order valence-corrected chi connectivity index (χ1v) is 6.08. The summed E-state index contributed by atoms with van der Waals surface area (Å²) in [5.74, 6) is 0.123. The Morgan fingerprint density at radius 3 is 2.67 bits per heavy atom. The molecule has 0 amide bonds. The second kappa shape index (κ2) is 6.86. The van der Waals surface area contributed by atoms with Gasteiger partial charge in [0.1, 0.15) is 0 Å². The van der Waals surface area contributed by atoms with E-state index >= 15 is 0 Å². The molecule has 5 nitrogen and oxygen atoms in total. The van der Waals surface area contributed by atoms with Gasteiger partial charge in [-0.05, 0) is 44.0 Å². The van der Waals surface area contributed by atoms with Crippen LogP contribution >= 0.6 is 0 Å². The molecule has 100 valence electrons. The molecule has 0 aliphatic rings. The fraction of sp³-hybridized carbons (Fsp3) is 0.462. The van der Waals surface area contributed by atoms with Crippen LogP contribution in [-0.4, -0.2) is 35.8 Å². The summed E-state index contributed by atoms with van der Waals surface area (Å²) in [4.78, 5) is 2.18. The lowest BCUT2D eigenvalue weighted by Crippen LogP contribution is -2.25. The maximum absolute atomic E-state index is 8.87. The third-order valence-electron chi connectivity index (χ3n) is 2.93. The van der Waals surface area contributed by atoms with Crippen LogP contribution in [0.5, 0.6) is 0 Å². The highest BCUT2D eigenvalue weighted by Crippen LogP contribution is 2.19. The molecule has 0 spiro atoms. The van der Waals surface area contributed by atoms with Crippen molar-refractivity contribution >= 4 is 11.5 Å². The van der Waals surface area contributed by atoms with Gasteiger partial charge in [-0.3, -0.25) is 0 Å². The first-order valence-electron chi connectivity index (χ1n) is 6.08. The van der Waals surface area contributed by atoms with E-state index in [4.69, 9.17) is 16.0 Å². The lowest BCUT2D eigenvalue weighted by molar-refractivity contribution is 0.289. The molecule has 0 unspecified atom stereocenters. The zero-order chi connectivity index (χ0) is 13.5. The fourth-order valence-corrected chi connectivity index (χ4v) is 1.92. The number of nitrogens with two attached hydrogens (primary N) is 1. The van der Waals surface area contributed by atoms with Crippen molar-refractivity contribution in [2.75, 3.05) is 24.6 Å². The van der Waals surface area contributed by atoms with E-state index in [0.29, 0.717) is 0 Å². The number of aryl methyl sites for hydroxylation is 1.